The Morgan fingerprint density at radius 3 is 2.79 bits per heavy atom. The van der Waals surface area contributed by atoms with Crippen molar-refractivity contribution in [3.8, 4) is 0 Å². The van der Waals surface area contributed by atoms with Gasteiger partial charge in [0.05, 0.1) is 6.10 Å². The van der Waals surface area contributed by atoms with Gasteiger partial charge in [-0.3, -0.25) is 4.99 Å². The van der Waals surface area contributed by atoms with Gasteiger partial charge in [-0.05, 0) is 25.2 Å². The molecular weight excluding hydrogens is 238 g/mol. The van der Waals surface area contributed by atoms with E-state index in [2.05, 4.69) is 29.5 Å². The summed E-state index contributed by atoms with van der Waals surface area (Å²) in [5.41, 5.74) is 0. The molecule has 2 N–H and O–H groups in total. The minimum absolute atomic E-state index is 0.362. The summed E-state index contributed by atoms with van der Waals surface area (Å²) in [5, 5.41) is 6.80. The number of aliphatic imine (C=N–C) groups is 1. The Balaban J connectivity index is 2.19. The Morgan fingerprint density at radius 2 is 2.21 bits per heavy atom. The Bertz CT molecular complexity index is 250. The van der Waals surface area contributed by atoms with Gasteiger partial charge in [-0.2, -0.15) is 0 Å². The second-order valence-electron chi connectivity index (χ2n) is 5.39. The highest BCUT2D eigenvalue weighted by Crippen LogP contribution is 2.11. The fraction of sp³-hybridized carbons (Fsp3) is 0.933. The van der Waals surface area contributed by atoms with E-state index in [0.29, 0.717) is 6.10 Å². The van der Waals surface area contributed by atoms with Crippen molar-refractivity contribution in [1.82, 2.24) is 10.6 Å². The predicted molar refractivity (Wildman–Crippen MR) is 81.6 cm³/mol. The Hall–Kier alpha value is -0.770. The van der Waals surface area contributed by atoms with E-state index in [-0.39, 0.29) is 0 Å². The number of guanidine groups is 1. The highest BCUT2D eigenvalue weighted by atomic mass is 16.5. The lowest BCUT2D eigenvalue weighted by atomic mass is 9.99. The van der Waals surface area contributed by atoms with Gasteiger partial charge < -0.3 is 15.4 Å². The van der Waals surface area contributed by atoms with Crippen LogP contribution < -0.4 is 10.6 Å². The van der Waals surface area contributed by atoms with E-state index in [1.807, 2.05) is 7.05 Å². The first-order valence-electron chi connectivity index (χ1n) is 7.86. The standard InChI is InChI=1S/C15H31N3O/c1-4-6-8-13(5-2)11-17-15(16-3)18-12-14-9-7-10-19-14/h13-14H,4-12H2,1-3H3,(H2,16,17,18). The molecule has 0 aromatic rings. The number of nitrogens with zero attached hydrogens (tertiary/aromatic N) is 1. The topological polar surface area (TPSA) is 45.7 Å². The zero-order valence-electron chi connectivity index (χ0n) is 12.9. The summed E-state index contributed by atoms with van der Waals surface area (Å²) >= 11 is 0. The van der Waals surface area contributed by atoms with Gasteiger partial charge in [-0.25, -0.2) is 0 Å². The smallest absolute Gasteiger partial charge is 0.191 e. The minimum Gasteiger partial charge on any atom is -0.376 e. The van der Waals surface area contributed by atoms with Gasteiger partial charge in [0.25, 0.3) is 0 Å². The summed E-state index contributed by atoms with van der Waals surface area (Å²) in [6.45, 7) is 7.31. The molecule has 0 radical (unpaired) electrons. The molecule has 0 spiro atoms. The summed E-state index contributed by atoms with van der Waals surface area (Å²) in [4.78, 5) is 4.27. The van der Waals surface area contributed by atoms with Crippen molar-refractivity contribution in [2.45, 2.75) is 58.5 Å². The molecule has 1 rings (SSSR count). The normalized spacial score (nSPS) is 21.4. The van der Waals surface area contributed by atoms with E-state index >= 15 is 0 Å². The molecule has 19 heavy (non-hydrogen) atoms. The van der Waals surface area contributed by atoms with Crippen LogP contribution in [0.25, 0.3) is 0 Å². The number of hydrogen-bond donors (Lipinski definition) is 2. The SMILES string of the molecule is CCCCC(CC)CNC(=NC)NCC1CCCO1. The highest BCUT2D eigenvalue weighted by Gasteiger charge is 2.15. The fourth-order valence-electron chi connectivity index (χ4n) is 2.42. The molecule has 1 aliphatic heterocycles. The largest absolute Gasteiger partial charge is 0.376 e. The summed E-state index contributed by atoms with van der Waals surface area (Å²) in [7, 11) is 1.83. The molecule has 1 heterocycles. The van der Waals surface area contributed by atoms with Gasteiger partial charge in [-0.1, -0.05) is 33.1 Å². The van der Waals surface area contributed by atoms with Crippen molar-refractivity contribution >= 4 is 5.96 Å². The van der Waals surface area contributed by atoms with Crippen LogP contribution in [0.15, 0.2) is 4.99 Å². The molecule has 2 atom stereocenters. The lowest BCUT2D eigenvalue weighted by Gasteiger charge is -2.19. The second kappa shape index (κ2) is 10.1. The van der Waals surface area contributed by atoms with Crippen molar-refractivity contribution in [3.63, 3.8) is 0 Å². The van der Waals surface area contributed by atoms with Gasteiger partial charge in [0.2, 0.25) is 0 Å². The lowest BCUT2D eigenvalue weighted by Crippen LogP contribution is -2.42. The second-order valence-corrected chi connectivity index (χ2v) is 5.39. The summed E-state index contributed by atoms with van der Waals surface area (Å²) < 4.78 is 5.60. The molecule has 2 unspecified atom stereocenters. The van der Waals surface area contributed by atoms with Gasteiger partial charge in [0.1, 0.15) is 0 Å². The zero-order valence-corrected chi connectivity index (χ0v) is 12.9. The van der Waals surface area contributed by atoms with Crippen LogP contribution in [0, 0.1) is 5.92 Å². The first kappa shape index (κ1) is 16.3. The summed E-state index contributed by atoms with van der Waals surface area (Å²) in [6, 6.07) is 0. The molecule has 1 aliphatic rings. The van der Waals surface area contributed by atoms with E-state index in [4.69, 9.17) is 4.74 Å². The van der Waals surface area contributed by atoms with Crippen molar-refractivity contribution < 1.29 is 4.74 Å². The van der Waals surface area contributed by atoms with Crippen molar-refractivity contribution in [2.75, 3.05) is 26.7 Å². The molecule has 1 saturated heterocycles. The molecular formula is C15H31N3O. The van der Waals surface area contributed by atoms with Crippen LogP contribution >= 0.6 is 0 Å². The van der Waals surface area contributed by atoms with Crippen LogP contribution in [0.2, 0.25) is 0 Å². The van der Waals surface area contributed by atoms with E-state index in [1.54, 1.807) is 0 Å². The fourth-order valence-corrected chi connectivity index (χ4v) is 2.42. The maximum Gasteiger partial charge on any atom is 0.191 e. The minimum atomic E-state index is 0.362. The number of hydrogen-bond acceptors (Lipinski definition) is 2. The van der Waals surface area contributed by atoms with E-state index in [9.17, 15) is 0 Å². The maximum absolute atomic E-state index is 5.60. The molecule has 0 aromatic carbocycles. The van der Waals surface area contributed by atoms with Crippen LogP contribution in [-0.2, 0) is 4.74 Å². The number of rotatable bonds is 8. The van der Waals surface area contributed by atoms with Crippen LogP contribution in [0.5, 0.6) is 0 Å². The van der Waals surface area contributed by atoms with Crippen molar-refractivity contribution in [2.24, 2.45) is 10.9 Å². The van der Waals surface area contributed by atoms with E-state index in [0.717, 1.165) is 38.0 Å². The highest BCUT2D eigenvalue weighted by molar-refractivity contribution is 5.79. The van der Waals surface area contributed by atoms with Gasteiger partial charge in [-0.15, -0.1) is 0 Å². The lowest BCUT2D eigenvalue weighted by molar-refractivity contribution is 0.113. The number of unbranched alkanes of at least 4 members (excludes halogenated alkanes) is 1. The van der Waals surface area contributed by atoms with E-state index in [1.165, 1.54) is 32.1 Å². The third-order valence-corrected chi connectivity index (χ3v) is 3.85. The van der Waals surface area contributed by atoms with Crippen LogP contribution in [0.1, 0.15) is 52.4 Å². The van der Waals surface area contributed by atoms with Crippen LogP contribution in [0.4, 0.5) is 0 Å². The predicted octanol–water partition coefficient (Wildman–Crippen LogP) is 2.55. The third kappa shape index (κ3) is 6.81. The quantitative estimate of drug-likeness (QED) is 0.526. The Labute approximate surface area is 118 Å². The van der Waals surface area contributed by atoms with Gasteiger partial charge >= 0.3 is 0 Å². The molecule has 0 aromatic heterocycles. The molecule has 112 valence electrons. The summed E-state index contributed by atoms with van der Waals surface area (Å²) in [6.07, 6.45) is 7.86. The zero-order chi connectivity index (χ0) is 13.9. The Kier molecular flexibility index (Phi) is 8.63. The van der Waals surface area contributed by atoms with Crippen molar-refractivity contribution in [1.29, 1.82) is 0 Å². The Morgan fingerprint density at radius 1 is 1.37 bits per heavy atom. The van der Waals surface area contributed by atoms with E-state index < -0.39 is 0 Å². The summed E-state index contributed by atoms with van der Waals surface area (Å²) in [5.74, 6) is 1.66. The molecule has 4 nitrogen and oxygen atoms in total. The average Bonchev–Trinajstić information content (AvgIpc) is 2.95. The molecule has 0 amide bonds. The number of nitrogens with one attached hydrogen (secondary N) is 2. The van der Waals surface area contributed by atoms with Crippen LogP contribution in [-0.4, -0.2) is 38.8 Å². The first-order valence-corrected chi connectivity index (χ1v) is 7.86. The first-order chi connectivity index (χ1) is 9.30. The molecule has 0 aliphatic carbocycles. The monoisotopic (exact) mass is 269 g/mol. The average molecular weight is 269 g/mol. The maximum atomic E-state index is 5.60. The van der Waals surface area contributed by atoms with Crippen molar-refractivity contribution in [3.05, 3.63) is 0 Å². The third-order valence-electron chi connectivity index (χ3n) is 3.85. The number of ether oxygens (including phenoxy) is 1. The van der Waals surface area contributed by atoms with Gasteiger partial charge in [0, 0.05) is 26.7 Å². The van der Waals surface area contributed by atoms with Gasteiger partial charge in [0.15, 0.2) is 5.96 Å². The molecule has 4 heteroatoms. The molecule has 0 saturated carbocycles. The molecule has 1 fully saturated rings. The molecule has 0 bridgehead atoms. The van der Waals surface area contributed by atoms with Crippen LogP contribution in [0.3, 0.4) is 0 Å².